The monoisotopic (exact) mass is 266 g/mol. The summed E-state index contributed by atoms with van der Waals surface area (Å²) in [7, 11) is 0. The van der Waals surface area contributed by atoms with Crippen LogP contribution in [-0.4, -0.2) is 12.6 Å². The summed E-state index contributed by atoms with van der Waals surface area (Å²) in [6, 6.07) is 19.7. The lowest BCUT2D eigenvalue weighted by Gasteiger charge is -2.04. The molecule has 0 aliphatic heterocycles. The fourth-order valence-corrected chi connectivity index (χ4v) is 1.79. The normalized spacial score (nSPS) is 10.4. The Kier molecular flexibility index (Phi) is 5.40. The summed E-state index contributed by atoms with van der Waals surface area (Å²) in [5.41, 5.74) is 2.27. The fourth-order valence-electron chi connectivity index (χ4n) is 1.79. The van der Waals surface area contributed by atoms with Crippen LogP contribution < -0.4 is 10.6 Å². The summed E-state index contributed by atoms with van der Waals surface area (Å²) in [4.78, 5) is 11.5. The number of amides is 2. The molecule has 0 spiro atoms. The number of hydrogen-bond donors (Lipinski definition) is 2. The molecule has 0 bridgehead atoms. The molecule has 0 aromatic heterocycles. The molecule has 0 aliphatic carbocycles. The van der Waals surface area contributed by atoms with E-state index in [4.69, 9.17) is 0 Å². The Morgan fingerprint density at radius 3 is 2.30 bits per heavy atom. The summed E-state index contributed by atoms with van der Waals surface area (Å²) in [5.74, 6) is 0. The van der Waals surface area contributed by atoms with Gasteiger partial charge in [0.25, 0.3) is 0 Å². The Morgan fingerprint density at radius 1 is 0.950 bits per heavy atom. The third-order valence-corrected chi connectivity index (χ3v) is 2.83. The van der Waals surface area contributed by atoms with Crippen LogP contribution in [-0.2, 0) is 6.42 Å². The molecule has 0 fully saturated rings. The van der Waals surface area contributed by atoms with Crippen molar-refractivity contribution in [1.82, 2.24) is 10.6 Å². The maximum atomic E-state index is 11.5. The van der Waals surface area contributed by atoms with Crippen molar-refractivity contribution in [2.75, 3.05) is 6.54 Å². The van der Waals surface area contributed by atoms with Gasteiger partial charge >= 0.3 is 6.03 Å². The van der Waals surface area contributed by atoms with Crippen molar-refractivity contribution in [2.24, 2.45) is 0 Å². The van der Waals surface area contributed by atoms with Crippen LogP contribution in [0, 0.1) is 0 Å². The first kappa shape index (κ1) is 13.9. The maximum Gasteiger partial charge on any atom is 0.318 e. The SMILES string of the molecule is O=C(N/C=C/c1ccccc1)NCCc1ccccc1. The van der Waals surface area contributed by atoms with Crippen molar-refractivity contribution in [3.8, 4) is 0 Å². The zero-order valence-corrected chi connectivity index (χ0v) is 11.3. The number of carbonyl (C=O) groups excluding carboxylic acids is 1. The van der Waals surface area contributed by atoms with Crippen LogP contribution in [0.15, 0.2) is 66.9 Å². The second-order valence-electron chi connectivity index (χ2n) is 4.38. The molecule has 3 nitrogen and oxygen atoms in total. The maximum absolute atomic E-state index is 11.5. The molecule has 2 amide bonds. The zero-order valence-electron chi connectivity index (χ0n) is 11.3. The smallest absolute Gasteiger partial charge is 0.318 e. The average Bonchev–Trinajstić information content (AvgIpc) is 2.49. The topological polar surface area (TPSA) is 41.1 Å². The lowest BCUT2D eigenvalue weighted by molar-refractivity contribution is 0.244. The van der Waals surface area contributed by atoms with Gasteiger partial charge in [0.15, 0.2) is 0 Å². The molecule has 0 atom stereocenters. The molecule has 2 aromatic carbocycles. The van der Waals surface area contributed by atoms with E-state index in [1.165, 1.54) is 5.56 Å². The highest BCUT2D eigenvalue weighted by atomic mass is 16.2. The minimum atomic E-state index is -0.187. The summed E-state index contributed by atoms with van der Waals surface area (Å²) >= 11 is 0. The predicted molar refractivity (Wildman–Crippen MR) is 82.2 cm³/mol. The molecule has 0 saturated heterocycles. The molecule has 0 heterocycles. The van der Waals surface area contributed by atoms with E-state index in [0.717, 1.165) is 12.0 Å². The largest absolute Gasteiger partial charge is 0.338 e. The molecule has 2 rings (SSSR count). The van der Waals surface area contributed by atoms with Gasteiger partial charge in [-0.25, -0.2) is 4.79 Å². The first-order valence-corrected chi connectivity index (χ1v) is 6.64. The van der Waals surface area contributed by atoms with Crippen molar-refractivity contribution in [2.45, 2.75) is 6.42 Å². The van der Waals surface area contributed by atoms with Gasteiger partial charge in [-0.2, -0.15) is 0 Å². The predicted octanol–water partition coefficient (Wildman–Crippen LogP) is 3.20. The summed E-state index contributed by atoms with van der Waals surface area (Å²) in [5, 5.41) is 5.50. The van der Waals surface area contributed by atoms with Gasteiger partial charge < -0.3 is 10.6 Å². The molecule has 0 aliphatic rings. The zero-order chi connectivity index (χ0) is 14.0. The van der Waals surface area contributed by atoms with E-state index >= 15 is 0 Å². The van der Waals surface area contributed by atoms with Crippen molar-refractivity contribution >= 4 is 12.1 Å². The van der Waals surface area contributed by atoms with Crippen LogP contribution in [0.5, 0.6) is 0 Å². The molecular weight excluding hydrogens is 248 g/mol. The van der Waals surface area contributed by atoms with Gasteiger partial charge in [0.2, 0.25) is 0 Å². The molecule has 3 heteroatoms. The van der Waals surface area contributed by atoms with E-state index in [-0.39, 0.29) is 6.03 Å². The van der Waals surface area contributed by atoms with Crippen LogP contribution in [0.25, 0.3) is 6.08 Å². The Balaban J connectivity index is 1.67. The highest BCUT2D eigenvalue weighted by Crippen LogP contribution is 2.00. The quantitative estimate of drug-likeness (QED) is 0.857. The number of benzene rings is 2. The first-order valence-electron chi connectivity index (χ1n) is 6.64. The van der Waals surface area contributed by atoms with E-state index in [0.29, 0.717) is 6.54 Å². The lowest BCUT2D eigenvalue weighted by atomic mass is 10.1. The molecule has 0 unspecified atom stereocenters. The number of hydrogen-bond acceptors (Lipinski definition) is 1. The number of carbonyl (C=O) groups is 1. The second kappa shape index (κ2) is 7.79. The highest BCUT2D eigenvalue weighted by Gasteiger charge is 1.96. The van der Waals surface area contributed by atoms with E-state index < -0.39 is 0 Å². The van der Waals surface area contributed by atoms with Crippen molar-refractivity contribution < 1.29 is 4.79 Å². The standard InChI is InChI=1S/C17H18N2O/c20-17(18-13-11-15-7-3-1-4-8-15)19-14-12-16-9-5-2-6-10-16/h1-11,13H,12,14H2,(H2,18,19,20)/b13-11+. The highest BCUT2D eigenvalue weighted by molar-refractivity contribution is 5.75. The van der Waals surface area contributed by atoms with Crippen LogP contribution >= 0.6 is 0 Å². The minimum Gasteiger partial charge on any atom is -0.338 e. The van der Waals surface area contributed by atoms with Gasteiger partial charge in [-0.05, 0) is 23.6 Å². The van der Waals surface area contributed by atoms with Gasteiger partial charge in [-0.1, -0.05) is 60.7 Å². The summed E-state index contributed by atoms with van der Waals surface area (Å²) < 4.78 is 0. The third-order valence-electron chi connectivity index (χ3n) is 2.83. The van der Waals surface area contributed by atoms with Gasteiger partial charge in [-0.15, -0.1) is 0 Å². The number of rotatable bonds is 5. The van der Waals surface area contributed by atoms with E-state index in [1.54, 1.807) is 6.20 Å². The Bertz CT molecular complexity index is 550. The van der Waals surface area contributed by atoms with E-state index in [1.807, 2.05) is 54.6 Å². The van der Waals surface area contributed by atoms with Crippen LogP contribution in [0.1, 0.15) is 11.1 Å². The van der Waals surface area contributed by atoms with Gasteiger partial charge in [-0.3, -0.25) is 0 Å². The van der Waals surface area contributed by atoms with Gasteiger partial charge in [0, 0.05) is 12.7 Å². The Hall–Kier alpha value is -2.55. The Morgan fingerprint density at radius 2 is 1.60 bits per heavy atom. The molecule has 0 radical (unpaired) electrons. The third kappa shape index (κ3) is 4.98. The minimum absolute atomic E-state index is 0.187. The van der Waals surface area contributed by atoms with Crippen molar-refractivity contribution in [3.63, 3.8) is 0 Å². The lowest BCUT2D eigenvalue weighted by Crippen LogP contribution is -2.33. The average molecular weight is 266 g/mol. The Labute approximate surface area is 119 Å². The van der Waals surface area contributed by atoms with E-state index in [9.17, 15) is 4.79 Å². The van der Waals surface area contributed by atoms with Gasteiger partial charge in [0.05, 0.1) is 0 Å². The molecule has 20 heavy (non-hydrogen) atoms. The number of nitrogens with one attached hydrogen (secondary N) is 2. The summed E-state index contributed by atoms with van der Waals surface area (Å²) in [6.45, 7) is 0.620. The van der Waals surface area contributed by atoms with Crippen molar-refractivity contribution in [1.29, 1.82) is 0 Å². The van der Waals surface area contributed by atoms with E-state index in [2.05, 4.69) is 22.8 Å². The van der Waals surface area contributed by atoms with Crippen LogP contribution in [0.3, 0.4) is 0 Å². The molecule has 0 saturated carbocycles. The molecule has 2 N–H and O–H groups in total. The molecule has 102 valence electrons. The van der Waals surface area contributed by atoms with Crippen LogP contribution in [0.2, 0.25) is 0 Å². The number of urea groups is 1. The fraction of sp³-hybridized carbons (Fsp3) is 0.118. The molecular formula is C17H18N2O. The van der Waals surface area contributed by atoms with Crippen LogP contribution in [0.4, 0.5) is 4.79 Å². The molecule has 2 aromatic rings. The van der Waals surface area contributed by atoms with Crippen molar-refractivity contribution in [3.05, 3.63) is 78.0 Å². The second-order valence-corrected chi connectivity index (χ2v) is 4.38. The summed E-state index contributed by atoms with van der Waals surface area (Å²) in [6.07, 6.45) is 4.33. The van der Waals surface area contributed by atoms with Gasteiger partial charge in [0.1, 0.15) is 0 Å². The first-order chi connectivity index (χ1) is 9.84.